The molecule has 0 unspecified atom stereocenters. The van der Waals surface area contributed by atoms with Crippen molar-refractivity contribution in [2.24, 2.45) is 5.92 Å². The minimum absolute atomic E-state index is 0.298. The molecule has 82 valence electrons. The molecule has 1 aromatic carbocycles. The molecule has 2 rings (SSSR count). The SMILES string of the molecule is COc1cc(NCCC2CC2)ccc1F. The molecule has 0 aromatic heterocycles. The fourth-order valence-corrected chi connectivity index (χ4v) is 1.60. The van der Waals surface area contributed by atoms with Crippen molar-refractivity contribution < 1.29 is 9.13 Å². The molecule has 1 aliphatic rings. The minimum Gasteiger partial charge on any atom is -0.494 e. The summed E-state index contributed by atoms with van der Waals surface area (Å²) < 4.78 is 18.0. The smallest absolute Gasteiger partial charge is 0.165 e. The molecule has 0 saturated heterocycles. The zero-order valence-electron chi connectivity index (χ0n) is 8.92. The van der Waals surface area contributed by atoms with Crippen LogP contribution in [0.25, 0.3) is 0 Å². The molecule has 3 heteroatoms. The molecular weight excluding hydrogens is 193 g/mol. The number of benzene rings is 1. The molecule has 0 amide bonds. The van der Waals surface area contributed by atoms with Gasteiger partial charge in [0.1, 0.15) is 0 Å². The van der Waals surface area contributed by atoms with Gasteiger partial charge in [0.2, 0.25) is 0 Å². The van der Waals surface area contributed by atoms with Crippen molar-refractivity contribution in [3.05, 3.63) is 24.0 Å². The van der Waals surface area contributed by atoms with Crippen molar-refractivity contribution in [3.8, 4) is 5.75 Å². The summed E-state index contributed by atoms with van der Waals surface area (Å²) in [6, 6.07) is 4.87. The largest absolute Gasteiger partial charge is 0.494 e. The molecule has 0 radical (unpaired) electrons. The van der Waals surface area contributed by atoms with Crippen molar-refractivity contribution in [1.29, 1.82) is 0 Å². The Balaban J connectivity index is 1.89. The van der Waals surface area contributed by atoms with Gasteiger partial charge in [0.25, 0.3) is 0 Å². The van der Waals surface area contributed by atoms with Crippen LogP contribution in [-0.4, -0.2) is 13.7 Å². The predicted molar refractivity (Wildman–Crippen MR) is 58.8 cm³/mol. The van der Waals surface area contributed by atoms with Crippen molar-refractivity contribution >= 4 is 5.69 Å². The van der Waals surface area contributed by atoms with E-state index < -0.39 is 0 Å². The van der Waals surface area contributed by atoms with Crippen LogP contribution >= 0.6 is 0 Å². The Hall–Kier alpha value is -1.25. The second kappa shape index (κ2) is 4.51. The highest BCUT2D eigenvalue weighted by Gasteiger charge is 2.20. The molecule has 0 heterocycles. The second-order valence-corrected chi connectivity index (χ2v) is 4.01. The lowest BCUT2D eigenvalue weighted by Crippen LogP contribution is -2.02. The Kier molecular flexibility index (Phi) is 3.09. The summed E-state index contributed by atoms with van der Waals surface area (Å²) in [6.07, 6.45) is 3.95. The van der Waals surface area contributed by atoms with Crippen molar-refractivity contribution in [1.82, 2.24) is 0 Å². The molecule has 1 N–H and O–H groups in total. The number of nitrogens with one attached hydrogen (secondary N) is 1. The van der Waals surface area contributed by atoms with E-state index in [0.717, 1.165) is 18.2 Å². The van der Waals surface area contributed by atoms with Crippen LogP contribution in [-0.2, 0) is 0 Å². The molecule has 1 fully saturated rings. The molecule has 1 aromatic rings. The van der Waals surface area contributed by atoms with E-state index in [1.165, 1.54) is 32.4 Å². The van der Waals surface area contributed by atoms with Gasteiger partial charge in [-0.2, -0.15) is 0 Å². The van der Waals surface area contributed by atoms with E-state index in [-0.39, 0.29) is 5.82 Å². The first-order valence-corrected chi connectivity index (χ1v) is 5.37. The maximum atomic E-state index is 13.1. The summed E-state index contributed by atoms with van der Waals surface area (Å²) in [5, 5.41) is 3.27. The molecule has 1 saturated carbocycles. The normalized spacial score (nSPS) is 15.1. The van der Waals surface area contributed by atoms with E-state index in [1.807, 2.05) is 0 Å². The van der Waals surface area contributed by atoms with Gasteiger partial charge in [-0.1, -0.05) is 12.8 Å². The Labute approximate surface area is 89.4 Å². The van der Waals surface area contributed by atoms with E-state index >= 15 is 0 Å². The van der Waals surface area contributed by atoms with Gasteiger partial charge in [0.05, 0.1) is 7.11 Å². The zero-order chi connectivity index (χ0) is 10.7. The van der Waals surface area contributed by atoms with E-state index in [0.29, 0.717) is 5.75 Å². The monoisotopic (exact) mass is 209 g/mol. The Morgan fingerprint density at radius 3 is 2.93 bits per heavy atom. The van der Waals surface area contributed by atoms with Crippen LogP contribution in [0.3, 0.4) is 0 Å². The second-order valence-electron chi connectivity index (χ2n) is 4.01. The van der Waals surface area contributed by atoms with Gasteiger partial charge in [0, 0.05) is 18.3 Å². The van der Waals surface area contributed by atoms with Crippen LogP contribution in [0.2, 0.25) is 0 Å². The van der Waals surface area contributed by atoms with Crippen LogP contribution in [0.15, 0.2) is 18.2 Å². The third-order valence-corrected chi connectivity index (χ3v) is 2.73. The molecule has 0 atom stereocenters. The average molecular weight is 209 g/mol. The highest BCUT2D eigenvalue weighted by atomic mass is 19.1. The first-order valence-electron chi connectivity index (χ1n) is 5.37. The zero-order valence-corrected chi connectivity index (χ0v) is 8.92. The number of ether oxygens (including phenoxy) is 1. The van der Waals surface area contributed by atoms with Crippen LogP contribution in [0.1, 0.15) is 19.3 Å². The van der Waals surface area contributed by atoms with Gasteiger partial charge in [-0.15, -0.1) is 0 Å². The highest BCUT2D eigenvalue weighted by Crippen LogP contribution is 2.32. The molecule has 0 aliphatic heterocycles. The molecule has 0 bridgehead atoms. The van der Waals surface area contributed by atoms with Crippen LogP contribution in [0, 0.1) is 11.7 Å². The number of halogens is 1. The van der Waals surface area contributed by atoms with E-state index in [4.69, 9.17) is 4.74 Å². The minimum atomic E-state index is -0.315. The molecule has 2 nitrogen and oxygen atoms in total. The lowest BCUT2D eigenvalue weighted by molar-refractivity contribution is 0.387. The van der Waals surface area contributed by atoms with Gasteiger partial charge >= 0.3 is 0 Å². The Morgan fingerprint density at radius 2 is 2.27 bits per heavy atom. The van der Waals surface area contributed by atoms with Crippen LogP contribution in [0.4, 0.5) is 10.1 Å². The van der Waals surface area contributed by atoms with Gasteiger partial charge in [-0.3, -0.25) is 0 Å². The predicted octanol–water partition coefficient (Wildman–Crippen LogP) is 3.05. The summed E-state index contributed by atoms with van der Waals surface area (Å²) in [5.41, 5.74) is 0.925. The molecule has 1 aliphatic carbocycles. The van der Waals surface area contributed by atoms with Crippen molar-refractivity contribution in [3.63, 3.8) is 0 Å². The fraction of sp³-hybridized carbons (Fsp3) is 0.500. The van der Waals surface area contributed by atoms with Crippen LogP contribution < -0.4 is 10.1 Å². The fourth-order valence-electron chi connectivity index (χ4n) is 1.60. The van der Waals surface area contributed by atoms with Gasteiger partial charge in [0.15, 0.2) is 11.6 Å². The van der Waals surface area contributed by atoms with Crippen molar-refractivity contribution in [2.75, 3.05) is 19.0 Å². The van der Waals surface area contributed by atoms with Gasteiger partial charge in [-0.05, 0) is 24.5 Å². The third kappa shape index (κ3) is 2.85. The third-order valence-electron chi connectivity index (χ3n) is 2.73. The number of hydrogen-bond acceptors (Lipinski definition) is 2. The summed E-state index contributed by atoms with van der Waals surface area (Å²) in [6.45, 7) is 0.958. The number of rotatable bonds is 5. The molecular formula is C12H16FNO. The number of anilines is 1. The van der Waals surface area contributed by atoms with E-state index in [9.17, 15) is 4.39 Å². The average Bonchev–Trinajstić information content (AvgIpc) is 3.04. The van der Waals surface area contributed by atoms with Gasteiger partial charge in [-0.25, -0.2) is 4.39 Å². The van der Waals surface area contributed by atoms with Gasteiger partial charge < -0.3 is 10.1 Å². The summed E-state index contributed by atoms with van der Waals surface area (Å²) >= 11 is 0. The number of hydrogen-bond donors (Lipinski definition) is 1. The topological polar surface area (TPSA) is 21.3 Å². The number of methoxy groups -OCH3 is 1. The lowest BCUT2D eigenvalue weighted by atomic mass is 10.2. The Bertz CT molecular complexity index is 336. The van der Waals surface area contributed by atoms with E-state index in [2.05, 4.69) is 5.32 Å². The first kappa shape index (κ1) is 10.3. The van der Waals surface area contributed by atoms with E-state index in [1.54, 1.807) is 12.1 Å². The molecule has 0 spiro atoms. The molecule has 15 heavy (non-hydrogen) atoms. The lowest BCUT2D eigenvalue weighted by Gasteiger charge is -2.08. The maximum absolute atomic E-state index is 13.1. The standard InChI is InChI=1S/C12H16FNO/c1-15-12-8-10(4-5-11(12)13)14-7-6-9-2-3-9/h4-5,8-9,14H,2-3,6-7H2,1H3. The Morgan fingerprint density at radius 1 is 1.47 bits per heavy atom. The van der Waals surface area contributed by atoms with Crippen molar-refractivity contribution in [2.45, 2.75) is 19.3 Å². The quantitative estimate of drug-likeness (QED) is 0.804. The summed E-state index contributed by atoms with van der Waals surface area (Å²) in [7, 11) is 1.48. The summed E-state index contributed by atoms with van der Waals surface area (Å²) in [5.74, 6) is 0.900. The highest BCUT2D eigenvalue weighted by molar-refractivity contribution is 5.48. The summed E-state index contributed by atoms with van der Waals surface area (Å²) in [4.78, 5) is 0. The van der Waals surface area contributed by atoms with Crippen LogP contribution in [0.5, 0.6) is 5.75 Å². The first-order chi connectivity index (χ1) is 7.29. The maximum Gasteiger partial charge on any atom is 0.165 e.